The van der Waals surface area contributed by atoms with Crippen molar-refractivity contribution in [2.75, 3.05) is 16.8 Å². The first kappa shape index (κ1) is 20.6. The predicted octanol–water partition coefficient (Wildman–Crippen LogP) is 5.31. The van der Waals surface area contributed by atoms with E-state index >= 15 is 0 Å². The quantitative estimate of drug-likeness (QED) is 0.446. The van der Waals surface area contributed by atoms with E-state index in [4.69, 9.17) is 11.6 Å². The Hall–Kier alpha value is -3.29. The van der Waals surface area contributed by atoms with Crippen LogP contribution in [0.25, 0.3) is 20.9 Å². The molecule has 5 rings (SSSR count). The van der Waals surface area contributed by atoms with E-state index in [0.717, 1.165) is 37.9 Å². The molecule has 0 aliphatic carbocycles. The molecule has 0 saturated carbocycles. The molecular weight excluding hydrogens is 444 g/mol. The number of pyridine rings is 1. The molecule has 1 unspecified atom stereocenters. The molecule has 160 valence electrons. The van der Waals surface area contributed by atoms with Gasteiger partial charge < -0.3 is 10.2 Å². The fourth-order valence-corrected chi connectivity index (χ4v) is 4.99. The molecule has 2 amide bonds. The van der Waals surface area contributed by atoms with Gasteiger partial charge in [0, 0.05) is 41.1 Å². The number of benzene rings is 2. The Bertz CT molecular complexity index is 1300. The number of fused-ring (bicyclic) bond motifs is 1. The van der Waals surface area contributed by atoms with Crippen molar-refractivity contribution in [2.24, 2.45) is 5.92 Å². The molecule has 1 N–H and O–H groups in total. The molecule has 1 atom stereocenters. The number of rotatable bonds is 4. The average molecular weight is 463 g/mol. The van der Waals surface area contributed by atoms with Gasteiger partial charge >= 0.3 is 0 Å². The number of hydrogen-bond donors (Lipinski definition) is 1. The van der Waals surface area contributed by atoms with Crippen LogP contribution in [-0.4, -0.2) is 28.3 Å². The Morgan fingerprint density at radius 1 is 1.16 bits per heavy atom. The van der Waals surface area contributed by atoms with Gasteiger partial charge in [0.25, 0.3) is 0 Å². The lowest BCUT2D eigenvalue weighted by Crippen LogP contribution is -2.28. The third-order valence-corrected chi connectivity index (χ3v) is 6.89. The van der Waals surface area contributed by atoms with Crippen LogP contribution in [0.1, 0.15) is 12.0 Å². The molecule has 2 aromatic carbocycles. The SMILES string of the molecule is Cc1c(NC(=O)C2CC(=O)N(c3ccc(Cl)cc3)C2)cccc1-c1nc2cccnc2s1. The summed E-state index contributed by atoms with van der Waals surface area (Å²) in [6.07, 6.45) is 1.93. The topological polar surface area (TPSA) is 75.2 Å². The van der Waals surface area contributed by atoms with Gasteiger partial charge in [-0.3, -0.25) is 9.59 Å². The molecule has 1 fully saturated rings. The summed E-state index contributed by atoms with van der Waals surface area (Å²) in [7, 11) is 0. The molecule has 0 bridgehead atoms. The van der Waals surface area contributed by atoms with Crippen molar-refractivity contribution in [1.82, 2.24) is 9.97 Å². The molecule has 6 nitrogen and oxygen atoms in total. The maximum atomic E-state index is 13.0. The summed E-state index contributed by atoms with van der Waals surface area (Å²) in [5.41, 5.74) is 4.21. The largest absolute Gasteiger partial charge is 0.326 e. The lowest BCUT2D eigenvalue weighted by Gasteiger charge is -2.17. The fraction of sp³-hybridized carbons (Fsp3) is 0.167. The Balaban J connectivity index is 1.35. The van der Waals surface area contributed by atoms with Gasteiger partial charge in [0.2, 0.25) is 11.8 Å². The normalized spacial score (nSPS) is 16.0. The standard InChI is InChI=1S/C24H19ClN4O2S/c1-14-18(23-28-20-6-3-11-26-24(20)32-23)4-2-5-19(14)27-22(31)15-12-21(30)29(13-15)17-9-7-16(25)8-10-17/h2-11,15H,12-13H2,1H3,(H,27,31). The number of halogens is 1. The Morgan fingerprint density at radius 2 is 1.97 bits per heavy atom. The number of nitrogens with one attached hydrogen (secondary N) is 1. The van der Waals surface area contributed by atoms with E-state index in [-0.39, 0.29) is 18.2 Å². The maximum Gasteiger partial charge on any atom is 0.229 e. The zero-order valence-corrected chi connectivity index (χ0v) is 18.8. The second kappa shape index (κ2) is 8.33. The average Bonchev–Trinajstić information content (AvgIpc) is 3.39. The van der Waals surface area contributed by atoms with E-state index in [2.05, 4.69) is 15.3 Å². The van der Waals surface area contributed by atoms with Crippen LogP contribution in [0.15, 0.2) is 60.8 Å². The highest BCUT2D eigenvalue weighted by Gasteiger charge is 2.35. The minimum absolute atomic E-state index is 0.0695. The third kappa shape index (κ3) is 3.85. The van der Waals surface area contributed by atoms with Crippen molar-refractivity contribution >= 4 is 56.5 Å². The van der Waals surface area contributed by atoms with Crippen molar-refractivity contribution in [2.45, 2.75) is 13.3 Å². The molecular formula is C24H19ClN4O2S. The van der Waals surface area contributed by atoms with Crippen LogP contribution in [0.3, 0.4) is 0 Å². The van der Waals surface area contributed by atoms with Crippen molar-refractivity contribution in [3.05, 3.63) is 71.4 Å². The first-order valence-electron chi connectivity index (χ1n) is 10.2. The summed E-state index contributed by atoms with van der Waals surface area (Å²) >= 11 is 7.47. The molecule has 1 saturated heterocycles. The maximum absolute atomic E-state index is 13.0. The van der Waals surface area contributed by atoms with Crippen molar-refractivity contribution in [1.29, 1.82) is 0 Å². The van der Waals surface area contributed by atoms with Crippen molar-refractivity contribution < 1.29 is 9.59 Å². The van der Waals surface area contributed by atoms with E-state index in [1.165, 1.54) is 11.3 Å². The Labute approximate surface area is 193 Å². The van der Waals surface area contributed by atoms with Crippen LogP contribution in [0.2, 0.25) is 5.02 Å². The Kier molecular flexibility index (Phi) is 5.36. The van der Waals surface area contributed by atoms with Gasteiger partial charge in [-0.15, -0.1) is 0 Å². The number of amides is 2. The fourth-order valence-electron chi connectivity index (χ4n) is 3.88. The molecule has 0 spiro atoms. The zero-order valence-electron chi connectivity index (χ0n) is 17.2. The summed E-state index contributed by atoms with van der Waals surface area (Å²) in [6.45, 7) is 2.30. The first-order chi connectivity index (χ1) is 15.5. The van der Waals surface area contributed by atoms with Crippen LogP contribution in [0.5, 0.6) is 0 Å². The van der Waals surface area contributed by atoms with Crippen LogP contribution in [0, 0.1) is 12.8 Å². The van der Waals surface area contributed by atoms with E-state index in [9.17, 15) is 9.59 Å². The van der Waals surface area contributed by atoms with Crippen molar-refractivity contribution in [3.8, 4) is 10.6 Å². The van der Waals surface area contributed by atoms with Crippen LogP contribution >= 0.6 is 22.9 Å². The second-order valence-electron chi connectivity index (χ2n) is 7.70. The smallest absolute Gasteiger partial charge is 0.229 e. The summed E-state index contributed by atoms with van der Waals surface area (Å²) in [5, 5.41) is 4.48. The highest BCUT2D eigenvalue weighted by molar-refractivity contribution is 7.21. The van der Waals surface area contributed by atoms with Gasteiger partial charge in [-0.1, -0.05) is 35.1 Å². The molecule has 1 aliphatic heterocycles. The minimum atomic E-state index is -0.423. The highest BCUT2D eigenvalue weighted by atomic mass is 35.5. The Morgan fingerprint density at radius 3 is 2.75 bits per heavy atom. The number of hydrogen-bond acceptors (Lipinski definition) is 5. The summed E-state index contributed by atoms with van der Waals surface area (Å²) in [5.74, 6) is -0.658. The van der Waals surface area contributed by atoms with Crippen LogP contribution in [0.4, 0.5) is 11.4 Å². The van der Waals surface area contributed by atoms with Gasteiger partial charge in [-0.05, 0) is 55.0 Å². The van der Waals surface area contributed by atoms with Crippen LogP contribution < -0.4 is 10.2 Å². The summed E-state index contributed by atoms with van der Waals surface area (Å²) in [6, 6.07) is 16.6. The monoisotopic (exact) mass is 462 g/mol. The molecule has 2 aromatic heterocycles. The van der Waals surface area contributed by atoms with E-state index in [0.29, 0.717) is 11.6 Å². The van der Waals surface area contributed by atoms with E-state index < -0.39 is 5.92 Å². The van der Waals surface area contributed by atoms with Gasteiger partial charge in [0.05, 0.1) is 5.92 Å². The molecule has 3 heterocycles. The minimum Gasteiger partial charge on any atom is -0.326 e. The highest BCUT2D eigenvalue weighted by Crippen LogP contribution is 2.34. The predicted molar refractivity (Wildman–Crippen MR) is 128 cm³/mol. The molecule has 1 aliphatic rings. The third-order valence-electron chi connectivity index (χ3n) is 5.62. The van der Waals surface area contributed by atoms with Crippen LogP contribution in [-0.2, 0) is 9.59 Å². The lowest BCUT2D eigenvalue weighted by atomic mass is 10.0. The number of aromatic nitrogens is 2. The lowest BCUT2D eigenvalue weighted by molar-refractivity contribution is -0.122. The number of anilines is 2. The number of thiazole rings is 1. The van der Waals surface area contributed by atoms with Gasteiger partial charge in [-0.25, -0.2) is 9.97 Å². The second-order valence-corrected chi connectivity index (χ2v) is 9.11. The van der Waals surface area contributed by atoms with Crippen molar-refractivity contribution in [3.63, 3.8) is 0 Å². The van der Waals surface area contributed by atoms with Gasteiger partial charge in [0.15, 0.2) is 0 Å². The summed E-state index contributed by atoms with van der Waals surface area (Å²) in [4.78, 5) is 37.1. The number of carbonyl (C=O) groups is 2. The molecule has 8 heteroatoms. The molecule has 32 heavy (non-hydrogen) atoms. The number of nitrogens with zero attached hydrogens (tertiary/aromatic N) is 3. The molecule has 0 radical (unpaired) electrons. The molecule has 4 aromatic rings. The summed E-state index contributed by atoms with van der Waals surface area (Å²) < 4.78 is 0. The van der Waals surface area contributed by atoms with Gasteiger partial charge in [0.1, 0.15) is 15.4 Å². The number of carbonyl (C=O) groups excluding carboxylic acids is 2. The zero-order chi connectivity index (χ0) is 22.2. The first-order valence-corrected chi connectivity index (χ1v) is 11.4. The van der Waals surface area contributed by atoms with E-state index in [1.54, 1.807) is 35.4 Å². The van der Waals surface area contributed by atoms with Gasteiger partial charge in [-0.2, -0.15) is 0 Å². The van der Waals surface area contributed by atoms with E-state index in [1.807, 2.05) is 37.3 Å².